The monoisotopic (exact) mass is 286 g/mol. The van der Waals surface area contributed by atoms with Crippen molar-refractivity contribution in [1.29, 1.82) is 0 Å². The predicted molar refractivity (Wildman–Crippen MR) is 79.7 cm³/mol. The van der Waals surface area contributed by atoms with Crippen molar-refractivity contribution in [3.63, 3.8) is 0 Å². The van der Waals surface area contributed by atoms with Crippen molar-refractivity contribution in [3.8, 4) is 0 Å². The summed E-state index contributed by atoms with van der Waals surface area (Å²) in [6.45, 7) is 10.8. The molecular weight excluding hydrogens is 256 g/mol. The lowest BCUT2D eigenvalue weighted by molar-refractivity contribution is 0.0521. The van der Waals surface area contributed by atoms with Crippen LogP contribution in [-0.2, 0) is 4.74 Å². The lowest BCUT2D eigenvalue weighted by Crippen LogP contribution is -2.41. The van der Waals surface area contributed by atoms with Gasteiger partial charge in [-0.15, -0.1) is 0 Å². The van der Waals surface area contributed by atoms with Crippen LogP contribution in [0.5, 0.6) is 0 Å². The molecule has 1 aliphatic carbocycles. The summed E-state index contributed by atoms with van der Waals surface area (Å²) in [6, 6.07) is 0.446. The van der Waals surface area contributed by atoms with E-state index in [2.05, 4.69) is 24.5 Å². The third kappa shape index (κ3) is 5.29. The van der Waals surface area contributed by atoms with E-state index in [1.165, 1.54) is 0 Å². The van der Waals surface area contributed by atoms with E-state index in [1.807, 2.05) is 20.8 Å². The first kappa shape index (κ1) is 17.2. The van der Waals surface area contributed by atoms with Gasteiger partial charge in [0.05, 0.1) is 0 Å². The summed E-state index contributed by atoms with van der Waals surface area (Å²) in [4.78, 5) is 11.6. The Morgan fingerprint density at radius 1 is 1.25 bits per heavy atom. The molecule has 1 aliphatic rings. The zero-order valence-corrected chi connectivity index (χ0v) is 13.5. The summed E-state index contributed by atoms with van der Waals surface area (Å²) in [6.07, 6.45) is 2.47. The Balaban J connectivity index is 2.29. The fourth-order valence-electron chi connectivity index (χ4n) is 2.17. The molecule has 20 heavy (non-hydrogen) atoms. The number of ether oxygens (including phenoxy) is 1. The van der Waals surface area contributed by atoms with Crippen molar-refractivity contribution < 1.29 is 14.6 Å². The number of aliphatic hydroxyl groups excluding tert-OH is 1. The van der Waals surface area contributed by atoms with E-state index < -0.39 is 5.60 Å². The lowest BCUT2D eigenvalue weighted by atomic mass is 9.83. The highest BCUT2D eigenvalue weighted by molar-refractivity contribution is 5.68. The maximum Gasteiger partial charge on any atom is 0.407 e. The van der Waals surface area contributed by atoms with Gasteiger partial charge in [0, 0.05) is 30.7 Å². The van der Waals surface area contributed by atoms with Crippen LogP contribution in [-0.4, -0.2) is 42.0 Å². The first-order valence-corrected chi connectivity index (χ1v) is 7.59. The zero-order valence-electron chi connectivity index (χ0n) is 13.5. The van der Waals surface area contributed by atoms with E-state index in [0.29, 0.717) is 6.04 Å². The molecule has 0 heterocycles. The molecule has 5 nitrogen and oxygen atoms in total. The van der Waals surface area contributed by atoms with Crippen molar-refractivity contribution in [2.75, 3.05) is 13.2 Å². The average molecular weight is 286 g/mol. The third-order valence-corrected chi connectivity index (χ3v) is 4.07. The molecule has 1 fully saturated rings. The molecule has 1 amide bonds. The highest BCUT2D eigenvalue weighted by atomic mass is 16.6. The van der Waals surface area contributed by atoms with Gasteiger partial charge in [0.25, 0.3) is 0 Å². The third-order valence-electron chi connectivity index (χ3n) is 4.07. The topological polar surface area (TPSA) is 70.6 Å². The fraction of sp³-hybridized carbons (Fsp3) is 0.933. The molecule has 0 aliphatic heterocycles. The smallest absolute Gasteiger partial charge is 0.407 e. The van der Waals surface area contributed by atoms with Gasteiger partial charge in [0.2, 0.25) is 0 Å². The minimum absolute atomic E-state index is 0.0426. The van der Waals surface area contributed by atoms with Crippen LogP contribution in [0.25, 0.3) is 0 Å². The van der Waals surface area contributed by atoms with Crippen molar-refractivity contribution in [1.82, 2.24) is 10.6 Å². The molecule has 0 aromatic carbocycles. The summed E-state index contributed by atoms with van der Waals surface area (Å²) in [7, 11) is 0. The molecule has 0 bridgehead atoms. The number of alkyl carbamates (subject to hydrolysis) is 1. The first-order valence-electron chi connectivity index (χ1n) is 7.59. The normalized spacial score (nSPS) is 22.5. The van der Waals surface area contributed by atoms with Gasteiger partial charge in [-0.2, -0.15) is 0 Å². The van der Waals surface area contributed by atoms with Crippen molar-refractivity contribution >= 4 is 6.09 Å². The number of carbonyl (C=O) groups excluding carboxylic acids is 1. The number of hydrogen-bond donors (Lipinski definition) is 3. The van der Waals surface area contributed by atoms with E-state index in [1.54, 1.807) is 0 Å². The molecule has 2 atom stereocenters. The van der Waals surface area contributed by atoms with Crippen LogP contribution < -0.4 is 10.6 Å². The summed E-state index contributed by atoms with van der Waals surface area (Å²) < 4.78 is 5.23. The van der Waals surface area contributed by atoms with Gasteiger partial charge in [-0.05, 0) is 40.0 Å². The van der Waals surface area contributed by atoms with Gasteiger partial charge >= 0.3 is 6.09 Å². The van der Waals surface area contributed by atoms with E-state index >= 15 is 0 Å². The first-order chi connectivity index (χ1) is 9.25. The van der Waals surface area contributed by atoms with Crippen molar-refractivity contribution in [2.24, 2.45) is 5.41 Å². The summed E-state index contributed by atoms with van der Waals surface area (Å²) in [5.41, 5.74) is -0.503. The standard InChI is InChI=1S/C15H30N2O3/c1-6-15(7-2,10-18)9-16-11-8-12(11)17-13(19)20-14(3,4)5/h11-12,16,18H,6-10H2,1-5H3,(H,17,19). The van der Waals surface area contributed by atoms with Gasteiger partial charge in [0.1, 0.15) is 5.60 Å². The Labute approximate surface area is 122 Å². The summed E-state index contributed by atoms with van der Waals surface area (Å²) in [5.74, 6) is 0. The Hall–Kier alpha value is -0.810. The maximum atomic E-state index is 11.6. The number of nitrogens with one attached hydrogen (secondary N) is 2. The summed E-state index contributed by atoms with van der Waals surface area (Å²) in [5, 5.41) is 15.8. The number of hydrogen-bond acceptors (Lipinski definition) is 4. The molecule has 0 aromatic rings. The van der Waals surface area contributed by atoms with E-state index in [9.17, 15) is 9.90 Å². The molecule has 5 heteroatoms. The van der Waals surface area contributed by atoms with Gasteiger partial charge in [-0.25, -0.2) is 4.79 Å². The van der Waals surface area contributed by atoms with Crippen LogP contribution in [0.2, 0.25) is 0 Å². The van der Waals surface area contributed by atoms with Crippen LogP contribution >= 0.6 is 0 Å². The van der Waals surface area contributed by atoms with Crippen LogP contribution in [0.1, 0.15) is 53.9 Å². The van der Waals surface area contributed by atoms with Gasteiger partial charge in [-0.3, -0.25) is 0 Å². The lowest BCUT2D eigenvalue weighted by Gasteiger charge is -2.29. The molecule has 1 rings (SSSR count). The van der Waals surface area contributed by atoms with Gasteiger partial charge in [-0.1, -0.05) is 13.8 Å². The Morgan fingerprint density at radius 2 is 1.85 bits per heavy atom. The molecule has 0 aromatic heterocycles. The molecule has 0 spiro atoms. The number of carbonyl (C=O) groups is 1. The highest BCUT2D eigenvalue weighted by Gasteiger charge is 2.40. The number of aliphatic hydroxyl groups is 1. The molecule has 0 saturated heterocycles. The fourth-order valence-corrected chi connectivity index (χ4v) is 2.17. The minimum Gasteiger partial charge on any atom is -0.444 e. The van der Waals surface area contributed by atoms with Crippen LogP contribution in [0.4, 0.5) is 4.79 Å². The quantitative estimate of drug-likeness (QED) is 0.670. The molecule has 2 unspecified atom stereocenters. The molecule has 118 valence electrons. The van der Waals surface area contributed by atoms with E-state index in [4.69, 9.17) is 4.74 Å². The summed E-state index contributed by atoms with van der Waals surface area (Å²) >= 11 is 0. The molecule has 1 saturated carbocycles. The second-order valence-corrected chi connectivity index (χ2v) is 6.84. The van der Waals surface area contributed by atoms with Gasteiger partial charge in [0.15, 0.2) is 0 Å². The van der Waals surface area contributed by atoms with Crippen LogP contribution in [0.15, 0.2) is 0 Å². The largest absolute Gasteiger partial charge is 0.444 e. The Bertz CT molecular complexity index is 313. The van der Waals surface area contributed by atoms with E-state index in [-0.39, 0.29) is 24.2 Å². The molecule has 3 N–H and O–H groups in total. The van der Waals surface area contributed by atoms with Crippen LogP contribution in [0, 0.1) is 5.41 Å². The Morgan fingerprint density at radius 3 is 2.30 bits per heavy atom. The van der Waals surface area contributed by atoms with Crippen LogP contribution in [0.3, 0.4) is 0 Å². The molecule has 0 radical (unpaired) electrons. The average Bonchev–Trinajstić information content (AvgIpc) is 3.07. The van der Waals surface area contributed by atoms with Gasteiger partial charge < -0.3 is 20.5 Å². The second-order valence-electron chi connectivity index (χ2n) is 6.84. The van der Waals surface area contributed by atoms with E-state index in [0.717, 1.165) is 25.8 Å². The number of amides is 1. The number of rotatable bonds is 7. The zero-order chi connectivity index (χ0) is 15.4. The highest BCUT2D eigenvalue weighted by Crippen LogP contribution is 2.28. The Kier molecular flexibility index (Phi) is 5.83. The van der Waals surface area contributed by atoms with Crippen molar-refractivity contribution in [3.05, 3.63) is 0 Å². The van der Waals surface area contributed by atoms with Crippen molar-refractivity contribution in [2.45, 2.75) is 71.6 Å². The predicted octanol–water partition coefficient (Wildman–Crippen LogP) is 2.04. The second kappa shape index (κ2) is 6.76. The SMILES string of the molecule is CCC(CC)(CO)CNC1CC1NC(=O)OC(C)(C)C. The maximum absolute atomic E-state index is 11.6. The minimum atomic E-state index is -0.460. The molecular formula is C15H30N2O3.